The van der Waals surface area contributed by atoms with E-state index < -0.39 is 5.97 Å². The Kier molecular flexibility index (Phi) is 3.09. The normalized spacial score (nSPS) is 10.5. The van der Waals surface area contributed by atoms with Crippen LogP contribution < -0.4 is 0 Å². The molecule has 6 heteroatoms. The fraction of sp³-hybridized carbons (Fsp3) is 0.0909. The number of carboxylic acids is 1. The highest BCUT2D eigenvalue weighted by Crippen LogP contribution is 2.30. The summed E-state index contributed by atoms with van der Waals surface area (Å²) in [6.07, 6.45) is 1.31. The molecule has 0 aliphatic rings. The first kappa shape index (κ1) is 12.0. The summed E-state index contributed by atoms with van der Waals surface area (Å²) < 4.78 is 1.49. The lowest BCUT2D eigenvalue weighted by molar-refractivity contribution is 0.0697. The molecule has 1 N–H and O–H groups in total. The van der Waals surface area contributed by atoms with Gasteiger partial charge in [0.25, 0.3) is 0 Å². The third-order valence-electron chi connectivity index (χ3n) is 2.36. The number of hydrogen-bond donors (Lipinski definition) is 1. The van der Waals surface area contributed by atoms with E-state index in [1.165, 1.54) is 10.9 Å². The van der Waals surface area contributed by atoms with Crippen LogP contribution in [0.2, 0.25) is 10.0 Å². The molecule has 1 aromatic heterocycles. The van der Waals surface area contributed by atoms with Crippen molar-refractivity contribution in [3.05, 3.63) is 40.0 Å². The molecule has 0 saturated carbocycles. The maximum atomic E-state index is 11.0. The molecule has 0 fully saturated rings. The molecule has 2 rings (SSSR count). The number of nitrogens with zero attached hydrogens (tertiary/aromatic N) is 2. The van der Waals surface area contributed by atoms with Gasteiger partial charge in [0.2, 0.25) is 0 Å². The monoisotopic (exact) mass is 270 g/mol. The van der Waals surface area contributed by atoms with Gasteiger partial charge < -0.3 is 5.11 Å². The molecule has 0 aliphatic heterocycles. The molecule has 2 aromatic rings. The molecular formula is C11H8Cl2N2O2. The minimum atomic E-state index is -1.03. The molecule has 0 unspecified atom stereocenters. The second-order valence-corrected chi connectivity index (χ2v) is 4.28. The van der Waals surface area contributed by atoms with Crippen LogP contribution in [0.25, 0.3) is 11.3 Å². The number of carbonyl (C=O) groups is 1. The molecule has 0 saturated heterocycles. The van der Waals surface area contributed by atoms with Gasteiger partial charge in [-0.15, -0.1) is 0 Å². The van der Waals surface area contributed by atoms with E-state index in [9.17, 15) is 4.79 Å². The van der Waals surface area contributed by atoms with Crippen LogP contribution in [0, 0.1) is 0 Å². The average molecular weight is 271 g/mol. The highest BCUT2D eigenvalue weighted by atomic mass is 35.5. The summed E-state index contributed by atoms with van der Waals surface area (Å²) in [5.74, 6) is -1.03. The molecule has 1 aromatic carbocycles. The molecular weight excluding hydrogens is 263 g/mol. The number of aromatic carboxylic acids is 1. The summed E-state index contributed by atoms with van der Waals surface area (Å²) in [4.78, 5) is 11.0. The quantitative estimate of drug-likeness (QED) is 0.913. The van der Waals surface area contributed by atoms with E-state index in [4.69, 9.17) is 28.3 Å². The Morgan fingerprint density at radius 1 is 1.35 bits per heavy atom. The summed E-state index contributed by atoms with van der Waals surface area (Å²) in [6.45, 7) is 0. The topological polar surface area (TPSA) is 55.1 Å². The fourth-order valence-electron chi connectivity index (χ4n) is 1.58. The number of carboxylic acid groups (broad SMARTS) is 1. The van der Waals surface area contributed by atoms with Crippen molar-refractivity contribution in [3.63, 3.8) is 0 Å². The summed E-state index contributed by atoms with van der Waals surface area (Å²) in [6, 6.07) is 4.95. The average Bonchev–Trinajstić information content (AvgIpc) is 2.64. The highest BCUT2D eigenvalue weighted by Gasteiger charge is 2.17. The second kappa shape index (κ2) is 4.39. The largest absolute Gasteiger partial charge is 0.478 e. The molecule has 1 heterocycles. The summed E-state index contributed by atoms with van der Waals surface area (Å²) in [5.41, 5.74) is 1.29. The number of benzene rings is 1. The maximum absolute atomic E-state index is 11.0. The zero-order valence-electron chi connectivity index (χ0n) is 8.82. The molecule has 0 radical (unpaired) electrons. The van der Waals surface area contributed by atoms with Crippen molar-refractivity contribution in [2.75, 3.05) is 0 Å². The first-order valence-electron chi connectivity index (χ1n) is 4.71. The first-order chi connectivity index (χ1) is 8.00. The lowest BCUT2D eigenvalue weighted by Gasteiger charge is -2.05. The summed E-state index contributed by atoms with van der Waals surface area (Å²) >= 11 is 11.7. The first-order valence-corrected chi connectivity index (χ1v) is 5.47. The summed E-state index contributed by atoms with van der Waals surface area (Å²) in [5, 5.41) is 13.8. The van der Waals surface area contributed by atoms with Gasteiger partial charge in [-0.1, -0.05) is 29.3 Å². The van der Waals surface area contributed by atoms with E-state index in [1.54, 1.807) is 25.2 Å². The van der Waals surface area contributed by atoms with E-state index in [0.29, 0.717) is 21.3 Å². The van der Waals surface area contributed by atoms with Gasteiger partial charge in [0.05, 0.1) is 21.9 Å². The number of rotatable bonds is 2. The number of halogens is 2. The Morgan fingerprint density at radius 3 is 2.65 bits per heavy atom. The molecule has 17 heavy (non-hydrogen) atoms. The van der Waals surface area contributed by atoms with Gasteiger partial charge in [0, 0.05) is 12.6 Å². The Labute approximate surface area is 107 Å². The van der Waals surface area contributed by atoms with Crippen LogP contribution in [-0.4, -0.2) is 20.9 Å². The SMILES string of the molecule is Cn1ncc(C(=O)O)c1-c1ccc(Cl)c(Cl)c1. The molecule has 0 amide bonds. The van der Waals surface area contributed by atoms with Gasteiger partial charge in [-0.25, -0.2) is 4.79 Å². The Morgan fingerprint density at radius 2 is 2.06 bits per heavy atom. The van der Waals surface area contributed by atoms with E-state index in [1.807, 2.05) is 0 Å². The van der Waals surface area contributed by atoms with Crippen LogP contribution in [0.3, 0.4) is 0 Å². The van der Waals surface area contributed by atoms with Crippen molar-refractivity contribution in [1.29, 1.82) is 0 Å². The molecule has 0 spiro atoms. The van der Waals surface area contributed by atoms with Crippen LogP contribution in [0.4, 0.5) is 0 Å². The van der Waals surface area contributed by atoms with Crippen LogP contribution in [0.1, 0.15) is 10.4 Å². The standard InChI is InChI=1S/C11H8Cl2N2O2/c1-15-10(7(5-14-15)11(16)17)6-2-3-8(12)9(13)4-6/h2-5H,1H3,(H,16,17). The third kappa shape index (κ3) is 2.14. The van der Waals surface area contributed by atoms with Crippen molar-refractivity contribution in [2.45, 2.75) is 0 Å². The number of aromatic nitrogens is 2. The minimum absolute atomic E-state index is 0.130. The smallest absolute Gasteiger partial charge is 0.339 e. The Bertz CT molecular complexity index is 593. The zero-order chi connectivity index (χ0) is 12.6. The van der Waals surface area contributed by atoms with Crippen molar-refractivity contribution >= 4 is 29.2 Å². The molecule has 0 bridgehead atoms. The van der Waals surface area contributed by atoms with E-state index >= 15 is 0 Å². The van der Waals surface area contributed by atoms with Crippen molar-refractivity contribution in [3.8, 4) is 11.3 Å². The maximum Gasteiger partial charge on any atom is 0.339 e. The lowest BCUT2D eigenvalue weighted by atomic mass is 10.1. The van der Waals surface area contributed by atoms with E-state index in [-0.39, 0.29) is 5.56 Å². The predicted octanol–water partition coefficient (Wildman–Crippen LogP) is 3.09. The molecule has 0 aliphatic carbocycles. The van der Waals surface area contributed by atoms with Crippen LogP contribution >= 0.6 is 23.2 Å². The van der Waals surface area contributed by atoms with Gasteiger partial charge in [0.1, 0.15) is 5.56 Å². The van der Waals surface area contributed by atoms with E-state index in [0.717, 1.165) is 0 Å². The minimum Gasteiger partial charge on any atom is -0.478 e. The van der Waals surface area contributed by atoms with Crippen molar-refractivity contribution in [2.24, 2.45) is 7.05 Å². The Balaban J connectivity index is 2.63. The summed E-state index contributed by atoms with van der Waals surface area (Å²) in [7, 11) is 1.67. The van der Waals surface area contributed by atoms with Crippen LogP contribution in [-0.2, 0) is 7.05 Å². The van der Waals surface area contributed by atoms with Gasteiger partial charge in [-0.2, -0.15) is 5.10 Å². The zero-order valence-corrected chi connectivity index (χ0v) is 10.3. The Hall–Kier alpha value is -1.52. The van der Waals surface area contributed by atoms with Crippen LogP contribution in [0.15, 0.2) is 24.4 Å². The van der Waals surface area contributed by atoms with Gasteiger partial charge in [-0.3, -0.25) is 4.68 Å². The second-order valence-electron chi connectivity index (χ2n) is 3.46. The van der Waals surface area contributed by atoms with Crippen LogP contribution in [0.5, 0.6) is 0 Å². The number of hydrogen-bond acceptors (Lipinski definition) is 2. The van der Waals surface area contributed by atoms with Gasteiger partial charge >= 0.3 is 5.97 Å². The highest BCUT2D eigenvalue weighted by molar-refractivity contribution is 6.42. The van der Waals surface area contributed by atoms with E-state index in [2.05, 4.69) is 5.10 Å². The van der Waals surface area contributed by atoms with Gasteiger partial charge in [-0.05, 0) is 12.1 Å². The van der Waals surface area contributed by atoms with Crippen molar-refractivity contribution < 1.29 is 9.90 Å². The lowest BCUT2D eigenvalue weighted by Crippen LogP contribution is -2.00. The van der Waals surface area contributed by atoms with Crippen molar-refractivity contribution in [1.82, 2.24) is 9.78 Å². The number of aryl methyl sites for hydroxylation is 1. The molecule has 88 valence electrons. The predicted molar refractivity (Wildman–Crippen MR) is 65.6 cm³/mol. The molecule has 4 nitrogen and oxygen atoms in total. The third-order valence-corrected chi connectivity index (χ3v) is 3.10. The molecule has 0 atom stereocenters. The van der Waals surface area contributed by atoms with Gasteiger partial charge in [0.15, 0.2) is 0 Å². The fourth-order valence-corrected chi connectivity index (χ4v) is 1.88.